The van der Waals surface area contributed by atoms with Gasteiger partial charge in [0.1, 0.15) is 0 Å². The van der Waals surface area contributed by atoms with Crippen molar-refractivity contribution < 1.29 is 9.59 Å². The van der Waals surface area contributed by atoms with Gasteiger partial charge in [0.25, 0.3) is 5.24 Å². The van der Waals surface area contributed by atoms with Crippen LogP contribution in [0.4, 0.5) is 16.2 Å². The van der Waals surface area contributed by atoms with Gasteiger partial charge in [0, 0.05) is 28.1 Å². The first kappa shape index (κ1) is 19.3. The van der Waals surface area contributed by atoms with Crippen molar-refractivity contribution in [2.24, 2.45) is 5.92 Å². The van der Waals surface area contributed by atoms with Gasteiger partial charge in [-0.25, -0.2) is 0 Å². The number of aryl methyl sites for hydroxylation is 2. The van der Waals surface area contributed by atoms with E-state index in [-0.39, 0.29) is 17.1 Å². The van der Waals surface area contributed by atoms with Crippen molar-refractivity contribution >= 4 is 45.9 Å². The van der Waals surface area contributed by atoms with E-state index in [4.69, 9.17) is 11.6 Å². The van der Waals surface area contributed by atoms with Crippen molar-refractivity contribution in [2.75, 3.05) is 16.4 Å². The molecule has 0 fully saturated rings. The van der Waals surface area contributed by atoms with E-state index >= 15 is 0 Å². The van der Waals surface area contributed by atoms with Gasteiger partial charge >= 0.3 is 0 Å². The summed E-state index contributed by atoms with van der Waals surface area (Å²) in [5, 5.41) is 6.00. The number of hydrogen-bond donors (Lipinski definition) is 2. The van der Waals surface area contributed by atoms with E-state index in [2.05, 4.69) is 16.7 Å². The number of carbonyl (C=O) groups excluding carboxylic acids is 2. The molecule has 2 aromatic carbocycles. The Morgan fingerprint density at radius 3 is 2.36 bits per heavy atom. The topological polar surface area (TPSA) is 58.2 Å². The van der Waals surface area contributed by atoms with Crippen LogP contribution < -0.4 is 10.6 Å². The molecular formula is C19H21ClN2O2S. The lowest BCUT2D eigenvalue weighted by molar-refractivity contribution is -0.118. The SMILES string of the molecule is Cc1cc(C)cc(NC(=O)C(C)CSC(=O)Nc2cccc(Cl)c2)c1. The fraction of sp³-hybridized carbons (Fsp3) is 0.263. The maximum absolute atomic E-state index is 12.3. The molecule has 4 nitrogen and oxygen atoms in total. The van der Waals surface area contributed by atoms with E-state index in [0.29, 0.717) is 16.5 Å². The highest BCUT2D eigenvalue weighted by Gasteiger charge is 2.16. The summed E-state index contributed by atoms with van der Waals surface area (Å²) in [7, 11) is 0. The number of benzene rings is 2. The second-order valence-electron chi connectivity index (χ2n) is 6.00. The van der Waals surface area contributed by atoms with Gasteiger partial charge in [-0.15, -0.1) is 0 Å². The number of nitrogens with one attached hydrogen (secondary N) is 2. The quantitative estimate of drug-likeness (QED) is 0.724. The van der Waals surface area contributed by atoms with Gasteiger partial charge in [0.15, 0.2) is 0 Å². The van der Waals surface area contributed by atoms with Crippen LogP contribution >= 0.6 is 23.4 Å². The Kier molecular flexibility index (Phi) is 6.91. The maximum atomic E-state index is 12.3. The lowest BCUT2D eigenvalue weighted by Gasteiger charge is -2.13. The van der Waals surface area contributed by atoms with Crippen LogP contribution in [0.25, 0.3) is 0 Å². The van der Waals surface area contributed by atoms with Gasteiger partial charge < -0.3 is 10.6 Å². The number of hydrogen-bond acceptors (Lipinski definition) is 3. The molecule has 0 aromatic heterocycles. The second-order valence-corrected chi connectivity index (χ2v) is 7.43. The molecule has 1 unspecified atom stereocenters. The van der Waals surface area contributed by atoms with Crippen molar-refractivity contribution in [3.8, 4) is 0 Å². The van der Waals surface area contributed by atoms with Crippen molar-refractivity contribution in [1.82, 2.24) is 0 Å². The van der Waals surface area contributed by atoms with Gasteiger partial charge in [0.2, 0.25) is 5.91 Å². The predicted octanol–water partition coefficient (Wildman–Crippen LogP) is 5.50. The van der Waals surface area contributed by atoms with Crippen molar-refractivity contribution in [3.63, 3.8) is 0 Å². The first-order chi connectivity index (χ1) is 11.8. The number of rotatable bonds is 5. The highest BCUT2D eigenvalue weighted by Crippen LogP contribution is 2.19. The third-order valence-corrected chi connectivity index (χ3v) is 4.74. The second kappa shape index (κ2) is 8.92. The van der Waals surface area contributed by atoms with E-state index in [1.807, 2.05) is 26.0 Å². The molecule has 2 aromatic rings. The number of amides is 2. The lowest BCUT2D eigenvalue weighted by Crippen LogP contribution is -2.23. The monoisotopic (exact) mass is 376 g/mol. The zero-order valence-electron chi connectivity index (χ0n) is 14.4. The number of carbonyl (C=O) groups is 2. The fourth-order valence-electron chi connectivity index (χ4n) is 2.31. The molecule has 0 saturated heterocycles. The normalized spacial score (nSPS) is 11.7. The molecule has 1 atom stereocenters. The van der Waals surface area contributed by atoms with E-state index in [0.717, 1.165) is 28.6 Å². The standard InChI is InChI=1S/C19H21ClN2O2S/c1-12-7-13(2)9-17(8-12)21-18(23)14(3)11-25-19(24)22-16-6-4-5-15(20)10-16/h4-10,14H,11H2,1-3H3,(H,21,23)(H,22,24). The van der Waals surface area contributed by atoms with Gasteiger partial charge in [-0.3, -0.25) is 9.59 Å². The molecular weight excluding hydrogens is 356 g/mol. The largest absolute Gasteiger partial charge is 0.326 e. The zero-order chi connectivity index (χ0) is 18.4. The molecule has 2 amide bonds. The Bertz CT molecular complexity index is 760. The lowest BCUT2D eigenvalue weighted by atomic mass is 10.1. The molecule has 0 aliphatic carbocycles. The first-order valence-electron chi connectivity index (χ1n) is 7.92. The van der Waals surface area contributed by atoms with Crippen LogP contribution in [0.5, 0.6) is 0 Å². The fourth-order valence-corrected chi connectivity index (χ4v) is 3.24. The van der Waals surface area contributed by atoms with Crippen LogP contribution in [0.2, 0.25) is 5.02 Å². The average Bonchev–Trinajstić information content (AvgIpc) is 2.51. The predicted molar refractivity (Wildman–Crippen MR) is 107 cm³/mol. The third kappa shape index (κ3) is 6.44. The number of thioether (sulfide) groups is 1. The molecule has 0 bridgehead atoms. The maximum Gasteiger partial charge on any atom is 0.283 e. The van der Waals surface area contributed by atoms with Crippen LogP contribution in [-0.2, 0) is 4.79 Å². The summed E-state index contributed by atoms with van der Waals surface area (Å²) in [5.74, 6) is -0.00719. The van der Waals surface area contributed by atoms with E-state index in [9.17, 15) is 9.59 Å². The molecule has 6 heteroatoms. The molecule has 2 N–H and O–H groups in total. The molecule has 0 saturated carbocycles. The Morgan fingerprint density at radius 2 is 1.72 bits per heavy atom. The van der Waals surface area contributed by atoms with Gasteiger partial charge in [-0.2, -0.15) is 0 Å². The molecule has 0 heterocycles. The highest BCUT2D eigenvalue weighted by atomic mass is 35.5. The molecule has 0 aliphatic rings. The number of anilines is 2. The van der Waals surface area contributed by atoms with Crippen molar-refractivity contribution in [2.45, 2.75) is 20.8 Å². The van der Waals surface area contributed by atoms with Gasteiger partial charge in [-0.1, -0.05) is 42.4 Å². The summed E-state index contributed by atoms with van der Waals surface area (Å²) in [5.41, 5.74) is 3.61. The zero-order valence-corrected chi connectivity index (χ0v) is 16.0. The van der Waals surface area contributed by atoms with E-state index in [1.54, 1.807) is 31.2 Å². The van der Waals surface area contributed by atoms with E-state index in [1.165, 1.54) is 0 Å². The summed E-state index contributed by atoms with van der Waals surface area (Å²) in [6, 6.07) is 12.9. The Labute approximate surface area is 157 Å². The number of halogens is 1. The van der Waals surface area contributed by atoms with Crippen LogP contribution in [0.3, 0.4) is 0 Å². The van der Waals surface area contributed by atoms with Crippen molar-refractivity contribution in [3.05, 3.63) is 58.6 Å². The Balaban J connectivity index is 1.83. The smallest absolute Gasteiger partial charge is 0.283 e. The van der Waals surface area contributed by atoms with Crippen LogP contribution in [0.15, 0.2) is 42.5 Å². The van der Waals surface area contributed by atoms with Gasteiger partial charge in [-0.05, 0) is 55.3 Å². The third-order valence-electron chi connectivity index (χ3n) is 3.47. The Morgan fingerprint density at radius 1 is 1.04 bits per heavy atom. The molecule has 0 radical (unpaired) electrons. The summed E-state index contributed by atoms with van der Waals surface area (Å²) < 4.78 is 0. The van der Waals surface area contributed by atoms with Crippen LogP contribution in [-0.4, -0.2) is 16.9 Å². The Hall–Kier alpha value is -1.98. The first-order valence-corrected chi connectivity index (χ1v) is 9.28. The summed E-state index contributed by atoms with van der Waals surface area (Å²) in [4.78, 5) is 24.3. The minimum atomic E-state index is -0.295. The molecule has 0 spiro atoms. The average molecular weight is 377 g/mol. The minimum Gasteiger partial charge on any atom is -0.326 e. The minimum absolute atomic E-state index is 0.104. The molecule has 132 valence electrons. The van der Waals surface area contributed by atoms with Crippen LogP contribution in [0, 0.1) is 19.8 Å². The molecule has 0 aliphatic heterocycles. The van der Waals surface area contributed by atoms with Crippen LogP contribution in [0.1, 0.15) is 18.1 Å². The van der Waals surface area contributed by atoms with Gasteiger partial charge in [0.05, 0.1) is 0 Å². The van der Waals surface area contributed by atoms with E-state index < -0.39 is 0 Å². The summed E-state index contributed by atoms with van der Waals surface area (Å²) >= 11 is 6.96. The summed E-state index contributed by atoms with van der Waals surface area (Å²) in [6.07, 6.45) is 0. The van der Waals surface area contributed by atoms with Crippen molar-refractivity contribution in [1.29, 1.82) is 0 Å². The molecule has 25 heavy (non-hydrogen) atoms. The summed E-state index contributed by atoms with van der Waals surface area (Å²) in [6.45, 7) is 5.78. The highest BCUT2D eigenvalue weighted by molar-refractivity contribution is 8.13. The molecule has 2 rings (SSSR count).